The zero-order valence-corrected chi connectivity index (χ0v) is 11.1. The second kappa shape index (κ2) is 6.17. The van der Waals surface area contributed by atoms with Crippen LogP contribution >= 0.6 is 11.8 Å². The largest absolute Gasteiger partial charge is 0.446 e. The van der Waals surface area contributed by atoms with Crippen molar-refractivity contribution in [2.24, 2.45) is 0 Å². The van der Waals surface area contributed by atoms with Gasteiger partial charge < -0.3 is 5.32 Å². The fourth-order valence-electron chi connectivity index (χ4n) is 1.66. The van der Waals surface area contributed by atoms with Crippen molar-refractivity contribution in [2.75, 3.05) is 5.32 Å². The molecular formula is C14H11F4NS. The SMILES string of the molecule is Fc1ccccc1CNc1ccccc1SC(F)(F)F. The normalized spacial score (nSPS) is 11.4. The highest BCUT2D eigenvalue weighted by Crippen LogP contribution is 2.40. The van der Waals surface area contributed by atoms with Gasteiger partial charge in [-0.15, -0.1) is 0 Å². The van der Waals surface area contributed by atoms with Gasteiger partial charge in [0.15, 0.2) is 0 Å². The molecule has 0 unspecified atom stereocenters. The molecule has 2 aromatic carbocycles. The number of rotatable bonds is 4. The van der Waals surface area contributed by atoms with Gasteiger partial charge in [-0.05, 0) is 30.0 Å². The molecular weight excluding hydrogens is 290 g/mol. The van der Waals surface area contributed by atoms with E-state index in [1.807, 2.05) is 0 Å². The van der Waals surface area contributed by atoms with Gasteiger partial charge in [0.2, 0.25) is 0 Å². The average molecular weight is 301 g/mol. The molecule has 6 heteroatoms. The molecule has 0 bridgehead atoms. The Morgan fingerprint density at radius 2 is 1.60 bits per heavy atom. The first-order valence-corrected chi connectivity index (χ1v) is 6.59. The van der Waals surface area contributed by atoms with Crippen molar-refractivity contribution in [3.8, 4) is 0 Å². The summed E-state index contributed by atoms with van der Waals surface area (Å²) >= 11 is -0.190. The van der Waals surface area contributed by atoms with Crippen LogP contribution in [0.2, 0.25) is 0 Å². The van der Waals surface area contributed by atoms with Crippen molar-refractivity contribution in [3.05, 3.63) is 59.9 Å². The Morgan fingerprint density at radius 1 is 0.950 bits per heavy atom. The maximum absolute atomic E-state index is 13.4. The zero-order valence-electron chi connectivity index (χ0n) is 10.2. The molecule has 0 saturated carbocycles. The van der Waals surface area contributed by atoms with Gasteiger partial charge in [-0.25, -0.2) is 4.39 Å². The maximum Gasteiger partial charge on any atom is 0.446 e. The Kier molecular flexibility index (Phi) is 4.54. The molecule has 0 amide bonds. The minimum absolute atomic E-state index is 0.0661. The van der Waals surface area contributed by atoms with Crippen LogP contribution in [0.5, 0.6) is 0 Å². The number of thioether (sulfide) groups is 1. The van der Waals surface area contributed by atoms with E-state index in [4.69, 9.17) is 0 Å². The van der Waals surface area contributed by atoms with Gasteiger partial charge in [-0.1, -0.05) is 30.3 Å². The number of halogens is 4. The molecule has 0 saturated heterocycles. The summed E-state index contributed by atoms with van der Waals surface area (Å²) in [5.41, 5.74) is -3.62. The van der Waals surface area contributed by atoms with E-state index in [-0.39, 0.29) is 29.0 Å². The van der Waals surface area contributed by atoms with E-state index in [2.05, 4.69) is 5.32 Å². The maximum atomic E-state index is 13.4. The Bertz CT molecular complexity index is 583. The lowest BCUT2D eigenvalue weighted by Crippen LogP contribution is -2.05. The molecule has 0 aliphatic rings. The molecule has 0 aliphatic heterocycles. The Labute approximate surface area is 118 Å². The van der Waals surface area contributed by atoms with Gasteiger partial charge in [0.05, 0.1) is 0 Å². The molecule has 0 fully saturated rings. The highest BCUT2D eigenvalue weighted by Gasteiger charge is 2.30. The number of alkyl halides is 3. The average Bonchev–Trinajstić information content (AvgIpc) is 2.37. The second-order valence-corrected chi connectivity index (χ2v) is 5.10. The number of nitrogens with one attached hydrogen (secondary N) is 1. The third kappa shape index (κ3) is 4.16. The predicted molar refractivity (Wildman–Crippen MR) is 72.1 cm³/mol. The molecule has 0 spiro atoms. The predicted octanol–water partition coefficient (Wildman–Crippen LogP) is 5.05. The summed E-state index contributed by atoms with van der Waals surface area (Å²) in [7, 11) is 0. The number of benzene rings is 2. The number of para-hydroxylation sites is 1. The van der Waals surface area contributed by atoms with E-state index < -0.39 is 5.51 Å². The molecule has 0 radical (unpaired) electrons. The fraction of sp³-hybridized carbons (Fsp3) is 0.143. The van der Waals surface area contributed by atoms with E-state index in [9.17, 15) is 17.6 Å². The molecule has 0 aromatic heterocycles. The summed E-state index contributed by atoms with van der Waals surface area (Å²) in [5, 5.41) is 2.83. The minimum atomic E-state index is -4.35. The van der Waals surface area contributed by atoms with E-state index in [1.54, 1.807) is 24.3 Å². The summed E-state index contributed by atoms with van der Waals surface area (Å²) < 4.78 is 50.7. The Hall–Kier alpha value is -1.69. The minimum Gasteiger partial charge on any atom is -0.380 e. The van der Waals surface area contributed by atoms with Crippen LogP contribution in [0.3, 0.4) is 0 Å². The van der Waals surface area contributed by atoms with Gasteiger partial charge in [-0.2, -0.15) is 13.2 Å². The highest BCUT2D eigenvalue weighted by atomic mass is 32.2. The summed E-state index contributed by atoms with van der Waals surface area (Å²) in [6.45, 7) is 0.127. The van der Waals surface area contributed by atoms with Gasteiger partial charge in [0.25, 0.3) is 0 Å². The van der Waals surface area contributed by atoms with Crippen molar-refractivity contribution < 1.29 is 17.6 Å². The standard InChI is InChI=1S/C14H11F4NS/c15-11-6-2-1-5-10(11)9-19-12-7-3-4-8-13(12)20-14(16,17)18/h1-8,19H,9H2. The molecule has 1 N–H and O–H groups in total. The lowest BCUT2D eigenvalue weighted by atomic mass is 10.2. The van der Waals surface area contributed by atoms with Gasteiger partial charge in [0, 0.05) is 22.7 Å². The summed E-state index contributed by atoms with van der Waals surface area (Å²) in [5.74, 6) is -0.388. The summed E-state index contributed by atoms with van der Waals surface area (Å²) in [4.78, 5) is 0.0661. The molecule has 2 rings (SSSR count). The van der Waals surface area contributed by atoms with E-state index in [1.165, 1.54) is 24.3 Å². The fourth-order valence-corrected chi connectivity index (χ4v) is 2.30. The van der Waals surface area contributed by atoms with Crippen LogP contribution in [0.4, 0.5) is 23.2 Å². The lowest BCUT2D eigenvalue weighted by Gasteiger charge is -2.13. The van der Waals surface area contributed by atoms with Crippen molar-refractivity contribution >= 4 is 17.4 Å². The molecule has 0 aliphatic carbocycles. The van der Waals surface area contributed by atoms with Crippen molar-refractivity contribution in [3.63, 3.8) is 0 Å². The first-order chi connectivity index (χ1) is 9.46. The number of anilines is 1. The third-order valence-corrected chi connectivity index (χ3v) is 3.35. The molecule has 106 valence electrons. The third-order valence-electron chi connectivity index (χ3n) is 2.54. The number of hydrogen-bond acceptors (Lipinski definition) is 2. The van der Waals surface area contributed by atoms with Crippen molar-refractivity contribution in [1.29, 1.82) is 0 Å². The summed E-state index contributed by atoms with van der Waals surface area (Å²) in [6, 6.07) is 12.2. The lowest BCUT2D eigenvalue weighted by molar-refractivity contribution is -0.0327. The first kappa shape index (κ1) is 14.7. The van der Waals surface area contributed by atoms with Crippen LogP contribution in [0, 0.1) is 5.82 Å². The molecule has 20 heavy (non-hydrogen) atoms. The van der Waals surface area contributed by atoms with Gasteiger partial charge in [-0.3, -0.25) is 0 Å². The Balaban J connectivity index is 2.12. The van der Waals surface area contributed by atoms with E-state index >= 15 is 0 Å². The van der Waals surface area contributed by atoms with Crippen LogP contribution in [-0.4, -0.2) is 5.51 Å². The van der Waals surface area contributed by atoms with Crippen molar-refractivity contribution in [2.45, 2.75) is 16.9 Å². The molecule has 0 heterocycles. The smallest absolute Gasteiger partial charge is 0.380 e. The number of hydrogen-bond donors (Lipinski definition) is 1. The second-order valence-electron chi connectivity index (χ2n) is 3.99. The van der Waals surface area contributed by atoms with Crippen LogP contribution in [0.1, 0.15) is 5.56 Å². The monoisotopic (exact) mass is 301 g/mol. The van der Waals surface area contributed by atoms with Gasteiger partial charge in [0.1, 0.15) is 5.82 Å². The van der Waals surface area contributed by atoms with Crippen LogP contribution < -0.4 is 5.32 Å². The molecule has 2 aromatic rings. The molecule has 1 nitrogen and oxygen atoms in total. The van der Waals surface area contributed by atoms with Crippen molar-refractivity contribution in [1.82, 2.24) is 0 Å². The van der Waals surface area contributed by atoms with Crippen LogP contribution in [-0.2, 0) is 6.54 Å². The van der Waals surface area contributed by atoms with E-state index in [0.717, 1.165) is 0 Å². The topological polar surface area (TPSA) is 12.0 Å². The highest BCUT2D eigenvalue weighted by molar-refractivity contribution is 8.00. The first-order valence-electron chi connectivity index (χ1n) is 5.78. The molecule has 0 atom stereocenters. The van der Waals surface area contributed by atoms with Gasteiger partial charge >= 0.3 is 5.51 Å². The summed E-state index contributed by atoms with van der Waals surface area (Å²) in [6.07, 6.45) is 0. The van der Waals surface area contributed by atoms with E-state index in [0.29, 0.717) is 11.3 Å². The quantitative estimate of drug-likeness (QED) is 0.626. The Morgan fingerprint density at radius 3 is 2.30 bits per heavy atom. The zero-order chi connectivity index (χ0) is 14.6. The van der Waals surface area contributed by atoms with Crippen LogP contribution in [0.25, 0.3) is 0 Å². The van der Waals surface area contributed by atoms with Crippen LogP contribution in [0.15, 0.2) is 53.4 Å².